The lowest BCUT2D eigenvalue weighted by Gasteiger charge is -1.97. The number of benzene rings is 1. The zero-order valence-corrected chi connectivity index (χ0v) is 13.4. The number of halogens is 2. The molecule has 2 rings (SSSR count). The topological polar surface area (TPSA) is 130 Å². The minimum absolute atomic E-state index is 0. The third kappa shape index (κ3) is 4.29. The second-order valence-electron chi connectivity index (χ2n) is 3.39. The van der Waals surface area contributed by atoms with Crippen molar-refractivity contribution in [2.24, 2.45) is 0 Å². The predicted molar refractivity (Wildman–Crippen MR) is 79.7 cm³/mol. The molecule has 0 aliphatic carbocycles. The summed E-state index contributed by atoms with van der Waals surface area (Å²) in [7, 11) is -1.57. The Morgan fingerprint density at radius 2 is 1.86 bits per heavy atom. The standard InChI is InChI=1S/C10H10N2O5S.2ClH.H2O/c1-16-9(13)6-3-4-7-8(5-6)12-10(11-7)18(14,15)17-2;;;/h3-5H,1-2H3,(H,11,12);2*1H;1H2. The van der Waals surface area contributed by atoms with E-state index < -0.39 is 16.1 Å². The second kappa shape index (κ2) is 8.15. The number of nitrogens with zero attached hydrogens (tertiary/aromatic N) is 1. The highest BCUT2D eigenvalue weighted by Crippen LogP contribution is 2.17. The minimum Gasteiger partial charge on any atom is -0.465 e. The number of nitrogens with one attached hydrogen (secondary N) is 1. The normalized spacial score (nSPS) is 10.0. The van der Waals surface area contributed by atoms with Gasteiger partial charge in [0.1, 0.15) is 0 Å². The molecule has 1 heterocycles. The first-order valence-electron chi connectivity index (χ1n) is 4.86. The average Bonchev–Trinajstić information content (AvgIpc) is 2.81. The fourth-order valence-electron chi connectivity index (χ4n) is 1.43. The summed E-state index contributed by atoms with van der Waals surface area (Å²) < 4.78 is 31.8. The Morgan fingerprint density at radius 1 is 1.24 bits per heavy atom. The molecule has 0 saturated heterocycles. The number of aromatic amines is 1. The molecule has 0 bridgehead atoms. The quantitative estimate of drug-likeness (QED) is 0.633. The van der Waals surface area contributed by atoms with Gasteiger partial charge in [-0.15, -0.1) is 24.8 Å². The van der Waals surface area contributed by atoms with Gasteiger partial charge in [-0.2, -0.15) is 8.42 Å². The maximum atomic E-state index is 11.4. The molecule has 0 aliphatic heterocycles. The van der Waals surface area contributed by atoms with E-state index in [0.29, 0.717) is 16.6 Å². The molecule has 0 amide bonds. The van der Waals surface area contributed by atoms with Crippen LogP contribution in [-0.2, 0) is 19.0 Å². The van der Waals surface area contributed by atoms with Gasteiger partial charge in [0.05, 0.1) is 30.8 Å². The van der Waals surface area contributed by atoms with Crippen LogP contribution in [0.15, 0.2) is 23.4 Å². The van der Waals surface area contributed by atoms with Crippen LogP contribution >= 0.6 is 24.8 Å². The van der Waals surface area contributed by atoms with Gasteiger partial charge >= 0.3 is 16.1 Å². The molecule has 11 heteroatoms. The number of rotatable bonds is 3. The van der Waals surface area contributed by atoms with Crippen molar-refractivity contribution in [1.29, 1.82) is 0 Å². The summed E-state index contributed by atoms with van der Waals surface area (Å²) in [6, 6.07) is 4.48. The first-order valence-corrected chi connectivity index (χ1v) is 6.27. The molecule has 0 radical (unpaired) electrons. The Hall–Kier alpha value is -1.39. The van der Waals surface area contributed by atoms with Crippen LogP contribution in [0.3, 0.4) is 0 Å². The Bertz CT molecular complexity index is 715. The number of carbonyl (C=O) groups is 1. The second-order valence-corrected chi connectivity index (χ2v) is 5.01. The number of fused-ring (bicyclic) bond motifs is 1. The van der Waals surface area contributed by atoms with Crippen LogP contribution in [0.4, 0.5) is 0 Å². The number of H-pyrrole nitrogens is 1. The van der Waals surface area contributed by atoms with Gasteiger partial charge in [-0.25, -0.2) is 9.78 Å². The highest BCUT2D eigenvalue weighted by molar-refractivity contribution is 7.86. The number of hydrogen-bond acceptors (Lipinski definition) is 6. The van der Waals surface area contributed by atoms with Gasteiger partial charge in [-0.1, -0.05) is 0 Å². The monoisotopic (exact) mass is 360 g/mol. The molecule has 0 aliphatic rings. The molecule has 0 saturated carbocycles. The van der Waals surface area contributed by atoms with E-state index in [1.807, 2.05) is 0 Å². The number of methoxy groups -OCH3 is 1. The zero-order chi connectivity index (χ0) is 13.3. The van der Waals surface area contributed by atoms with Crippen molar-refractivity contribution in [2.45, 2.75) is 5.16 Å². The third-order valence-corrected chi connectivity index (χ3v) is 3.44. The fourth-order valence-corrected chi connectivity index (χ4v) is 2.03. The number of hydrogen-bond donors (Lipinski definition) is 1. The van der Waals surface area contributed by atoms with Crippen molar-refractivity contribution in [3.8, 4) is 0 Å². The molecule has 2 aromatic rings. The van der Waals surface area contributed by atoms with Crippen LogP contribution in [0.5, 0.6) is 0 Å². The van der Waals surface area contributed by atoms with Gasteiger partial charge in [0.25, 0.3) is 5.16 Å². The molecular formula is C10H14Cl2N2O6S. The third-order valence-electron chi connectivity index (χ3n) is 2.34. The Kier molecular flexibility index (Phi) is 8.50. The Balaban J connectivity index is 0. The lowest BCUT2D eigenvalue weighted by Crippen LogP contribution is -2.04. The molecule has 0 spiro atoms. The molecule has 0 fully saturated rings. The largest absolute Gasteiger partial charge is 0.465 e. The van der Waals surface area contributed by atoms with Gasteiger partial charge < -0.3 is 15.2 Å². The summed E-state index contributed by atoms with van der Waals surface area (Å²) >= 11 is 0. The van der Waals surface area contributed by atoms with Crippen molar-refractivity contribution < 1.29 is 27.6 Å². The van der Waals surface area contributed by atoms with E-state index in [1.165, 1.54) is 25.3 Å². The summed E-state index contributed by atoms with van der Waals surface area (Å²) in [5, 5.41) is -0.304. The zero-order valence-electron chi connectivity index (χ0n) is 10.9. The molecule has 3 N–H and O–H groups in total. The highest BCUT2D eigenvalue weighted by atomic mass is 35.5. The van der Waals surface area contributed by atoms with Crippen molar-refractivity contribution in [1.82, 2.24) is 9.97 Å². The van der Waals surface area contributed by atoms with Crippen LogP contribution in [-0.4, -0.2) is 44.1 Å². The molecular weight excluding hydrogens is 347 g/mol. The average molecular weight is 361 g/mol. The molecule has 1 aromatic heterocycles. The summed E-state index contributed by atoms with van der Waals surface area (Å²) in [5.74, 6) is -0.511. The number of ether oxygens (including phenoxy) is 1. The number of aromatic nitrogens is 2. The van der Waals surface area contributed by atoms with Gasteiger partial charge in [0.15, 0.2) is 0 Å². The molecule has 8 nitrogen and oxygen atoms in total. The number of esters is 1. The lowest BCUT2D eigenvalue weighted by atomic mass is 10.2. The smallest absolute Gasteiger partial charge is 0.337 e. The molecule has 0 atom stereocenters. The summed E-state index contributed by atoms with van der Waals surface area (Å²) in [4.78, 5) is 17.8. The first-order chi connectivity index (χ1) is 8.47. The first kappa shape index (κ1) is 21.9. The van der Waals surface area contributed by atoms with E-state index in [9.17, 15) is 13.2 Å². The lowest BCUT2D eigenvalue weighted by molar-refractivity contribution is 0.0601. The Morgan fingerprint density at radius 3 is 2.38 bits per heavy atom. The van der Waals surface area contributed by atoms with E-state index in [0.717, 1.165) is 7.11 Å². The predicted octanol–water partition coefficient (Wildman–Crippen LogP) is 0.703. The van der Waals surface area contributed by atoms with Gasteiger partial charge in [0, 0.05) is 0 Å². The summed E-state index contributed by atoms with van der Waals surface area (Å²) in [6.45, 7) is 0. The van der Waals surface area contributed by atoms with E-state index >= 15 is 0 Å². The molecule has 1 aromatic carbocycles. The number of carbonyl (C=O) groups excluding carboxylic acids is 1. The highest BCUT2D eigenvalue weighted by Gasteiger charge is 2.18. The maximum Gasteiger partial charge on any atom is 0.337 e. The van der Waals surface area contributed by atoms with E-state index in [2.05, 4.69) is 18.9 Å². The van der Waals surface area contributed by atoms with Gasteiger partial charge in [-0.05, 0) is 18.2 Å². The van der Waals surface area contributed by atoms with Crippen LogP contribution in [0.1, 0.15) is 10.4 Å². The molecule has 21 heavy (non-hydrogen) atoms. The summed E-state index contributed by atoms with van der Waals surface area (Å²) in [5.41, 5.74) is 1.13. The van der Waals surface area contributed by atoms with Crippen LogP contribution < -0.4 is 0 Å². The summed E-state index contributed by atoms with van der Waals surface area (Å²) in [6.07, 6.45) is 0. The Labute approximate surface area is 133 Å². The maximum absolute atomic E-state index is 11.4. The molecule has 120 valence electrons. The van der Waals surface area contributed by atoms with Gasteiger partial charge in [-0.3, -0.25) is 4.18 Å². The SMILES string of the molecule is COC(=O)c1ccc2nc(S(=O)(=O)OC)[nH]c2c1.Cl.Cl.O. The van der Waals surface area contributed by atoms with E-state index in [-0.39, 0.29) is 35.4 Å². The van der Waals surface area contributed by atoms with Crippen LogP contribution in [0.2, 0.25) is 0 Å². The molecule has 0 unspecified atom stereocenters. The van der Waals surface area contributed by atoms with E-state index in [4.69, 9.17) is 0 Å². The van der Waals surface area contributed by atoms with E-state index in [1.54, 1.807) is 0 Å². The van der Waals surface area contributed by atoms with Crippen LogP contribution in [0.25, 0.3) is 11.0 Å². The number of imidazole rings is 1. The van der Waals surface area contributed by atoms with Crippen LogP contribution in [0, 0.1) is 0 Å². The van der Waals surface area contributed by atoms with Crippen molar-refractivity contribution >= 4 is 51.9 Å². The van der Waals surface area contributed by atoms with Crippen molar-refractivity contribution in [3.05, 3.63) is 23.8 Å². The van der Waals surface area contributed by atoms with Crippen molar-refractivity contribution in [3.63, 3.8) is 0 Å². The van der Waals surface area contributed by atoms with Crippen molar-refractivity contribution in [2.75, 3.05) is 14.2 Å². The van der Waals surface area contributed by atoms with Gasteiger partial charge in [0.2, 0.25) is 0 Å². The minimum atomic E-state index is -3.88. The fraction of sp³-hybridized carbons (Fsp3) is 0.200.